The first-order valence-corrected chi connectivity index (χ1v) is 8.57. The Morgan fingerprint density at radius 1 is 1.12 bits per heavy atom. The number of rotatable bonds is 3. The Morgan fingerprint density at radius 3 is 2.62 bits per heavy atom. The second-order valence-corrected chi connectivity index (χ2v) is 6.48. The Hall–Kier alpha value is -2.21. The van der Waals surface area contributed by atoms with E-state index >= 15 is 0 Å². The molecule has 0 N–H and O–H groups in total. The predicted octanol–water partition coefficient (Wildman–Crippen LogP) is 2.48. The van der Waals surface area contributed by atoms with Crippen molar-refractivity contribution >= 4 is 5.91 Å². The van der Waals surface area contributed by atoms with Crippen molar-refractivity contribution in [2.75, 3.05) is 26.3 Å². The van der Waals surface area contributed by atoms with E-state index in [9.17, 15) is 4.79 Å². The maximum atomic E-state index is 12.4. The molecule has 6 heteroatoms. The summed E-state index contributed by atoms with van der Waals surface area (Å²) in [5.74, 6) is 1.84. The molecule has 2 saturated heterocycles. The van der Waals surface area contributed by atoms with E-state index in [0.29, 0.717) is 24.9 Å². The lowest BCUT2D eigenvalue weighted by atomic mass is 9.95. The molecule has 0 radical (unpaired) electrons. The fourth-order valence-electron chi connectivity index (χ4n) is 3.44. The van der Waals surface area contributed by atoms with Gasteiger partial charge in [0.1, 0.15) is 0 Å². The average molecular weight is 327 g/mol. The topological polar surface area (TPSA) is 68.5 Å². The fourth-order valence-corrected chi connectivity index (χ4v) is 3.44. The van der Waals surface area contributed by atoms with Crippen molar-refractivity contribution < 1.29 is 14.1 Å². The Morgan fingerprint density at radius 2 is 1.92 bits per heavy atom. The minimum atomic E-state index is 0.0506. The van der Waals surface area contributed by atoms with Gasteiger partial charge in [0, 0.05) is 31.2 Å². The van der Waals surface area contributed by atoms with Gasteiger partial charge in [-0.25, -0.2) is 0 Å². The second-order valence-electron chi connectivity index (χ2n) is 6.48. The van der Waals surface area contributed by atoms with Crippen LogP contribution in [0.1, 0.15) is 31.1 Å². The van der Waals surface area contributed by atoms with Crippen LogP contribution in [0.3, 0.4) is 0 Å². The Kier molecular flexibility index (Phi) is 4.30. The maximum Gasteiger partial charge on any atom is 0.230 e. The van der Waals surface area contributed by atoms with Gasteiger partial charge < -0.3 is 14.2 Å². The van der Waals surface area contributed by atoms with Crippen molar-refractivity contribution in [1.29, 1.82) is 0 Å². The van der Waals surface area contributed by atoms with Crippen molar-refractivity contribution in [2.24, 2.45) is 5.92 Å². The highest BCUT2D eigenvalue weighted by atomic mass is 16.5. The van der Waals surface area contributed by atoms with Crippen LogP contribution in [0.2, 0.25) is 0 Å². The molecule has 1 aromatic carbocycles. The average Bonchev–Trinajstić information content (AvgIpc) is 3.34. The number of piperidine rings is 1. The molecule has 2 aliphatic heterocycles. The highest BCUT2D eigenvalue weighted by Crippen LogP contribution is 2.29. The number of likely N-dealkylation sites (tertiary alicyclic amines) is 1. The second kappa shape index (κ2) is 6.73. The number of nitrogens with zero attached hydrogens (tertiary/aromatic N) is 3. The molecule has 0 saturated carbocycles. The summed E-state index contributed by atoms with van der Waals surface area (Å²) < 4.78 is 10.8. The molecule has 6 nitrogen and oxygen atoms in total. The number of aromatic nitrogens is 2. The highest BCUT2D eigenvalue weighted by Gasteiger charge is 2.32. The van der Waals surface area contributed by atoms with E-state index in [0.717, 1.165) is 37.9 Å². The number of carbonyl (C=O) groups excluding carboxylic acids is 1. The molecule has 126 valence electrons. The number of ether oxygens (including phenoxy) is 1. The van der Waals surface area contributed by atoms with Crippen LogP contribution in [0.25, 0.3) is 11.4 Å². The van der Waals surface area contributed by atoms with Crippen molar-refractivity contribution in [1.82, 2.24) is 15.0 Å². The van der Waals surface area contributed by atoms with Crippen LogP contribution in [0.15, 0.2) is 34.9 Å². The van der Waals surface area contributed by atoms with Crippen LogP contribution in [-0.2, 0) is 9.53 Å². The van der Waals surface area contributed by atoms with Crippen LogP contribution in [0, 0.1) is 5.92 Å². The smallest absolute Gasteiger partial charge is 0.230 e. The lowest BCUT2D eigenvalue weighted by molar-refractivity contribution is -0.136. The molecule has 4 rings (SSSR count). The zero-order valence-electron chi connectivity index (χ0n) is 13.6. The Labute approximate surface area is 140 Å². The van der Waals surface area contributed by atoms with E-state index in [1.165, 1.54) is 0 Å². The molecular formula is C18H21N3O3. The summed E-state index contributed by atoms with van der Waals surface area (Å²) in [6.07, 6.45) is 2.59. The third-order valence-corrected chi connectivity index (χ3v) is 4.91. The van der Waals surface area contributed by atoms with Gasteiger partial charge in [0.2, 0.25) is 17.6 Å². The monoisotopic (exact) mass is 327 g/mol. The molecule has 0 spiro atoms. The minimum absolute atomic E-state index is 0.0506. The van der Waals surface area contributed by atoms with Gasteiger partial charge in [-0.05, 0) is 19.3 Å². The maximum absolute atomic E-state index is 12.4. The van der Waals surface area contributed by atoms with Crippen LogP contribution < -0.4 is 0 Å². The number of amides is 1. The third kappa shape index (κ3) is 3.06. The molecule has 2 aliphatic rings. The zero-order valence-corrected chi connectivity index (χ0v) is 13.6. The SMILES string of the molecule is O=C(C1CCOC1)N1CCC(c2nc(-c3ccccc3)no2)CC1. The minimum Gasteiger partial charge on any atom is -0.381 e. The standard InChI is InChI=1S/C18H21N3O3/c22-18(15-8-11-23-12-15)21-9-6-14(7-10-21)17-19-16(20-24-17)13-4-2-1-3-5-13/h1-5,14-15H,6-12H2. The summed E-state index contributed by atoms with van der Waals surface area (Å²) in [6.45, 7) is 2.78. The van der Waals surface area contributed by atoms with E-state index in [-0.39, 0.29) is 17.7 Å². The van der Waals surface area contributed by atoms with Crippen LogP contribution >= 0.6 is 0 Å². The quantitative estimate of drug-likeness (QED) is 0.866. The molecule has 1 amide bonds. The van der Waals surface area contributed by atoms with E-state index in [1.807, 2.05) is 35.2 Å². The molecule has 1 aromatic heterocycles. The summed E-state index contributed by atoms with van der Waals surface area (Å²) >= 11 is 0. The predicted molar refractivity (Wildman–Crippen MR) is 87.2 cm³/mol. The lowest BCUT2D eigenvalue weighted by Crippen LogP contribution is -2.41. The summed E-state index contributed by atoms with van der Waals surface area (Å²) in [5, 5.41) is 4.10. The third-order valence-electron chi connectivity index (χ3n) is 4.91. The normalized spacial score (nSPS) is 22.0. The molecule has 0 aliphatic carbocycles. The van der Waals surface area contributed by atoms with Gasteiger partial charge in [-0.3, -0.25) is 4.79 Å². The van der Waals surface area contributed by atoms with E-state index in [1.54, 1.807) is 0 Å². The Bertz CT molecular complexity index is 687. The van der Waals surface area contributed by atoms with Gasteiger partial charge in [0.15, 0.2) is 0 Å². The Balaban J connectivity index is 1.38. The zero-order chi connectivity index (χ0) is 16.4. The first kappa shape index (κ1) is 15.3. The van der Waals surface area contributed by atoms with Gasteiger partial charge in [0.05, 0.1) is 12.5 Å². The first-order valence-electron chi connectivity index (χ1n) is 8.57. The molecule has 0 bridgehead atoms. The highest BCUT2D eigenvalue weighted by molar-refractivity contribution is 5.79. The molecule has 1 unspecified atom stereocenters. The number of hydrogen-bond acceptors (Lipinski definition) is 5. The molecular weight excluding hydrogens is 306 g/mol. The number of carbonyl (C=O) groups is 1. The van der Waals surface area contributed by atoms with Crippen LogP contribution in [-0.4, -0.2) is 47.3 Å². The summed E-state index contributed by atoms with van der Waals surface area (Å²) in [6, 6.07) is 9.83. The van der Waals surface area contributed by atoms with E-state index in [2.05, 4.69) is 10.1 Å². The molecule has 2 fully saturated rings. The first-order chi connectivity index (χ1) is 11.8. The van der Waals surface area contributed by atoms with Crippen molar-refractivity contribution in [3.8, 4) is 11.4 Å². The van der Waals surface area contributed by atoms with E-state index in [4.69, 9.17) is 9.26 Å². The van der Waals surface area contributed by atoms with E-state index < -0.39 is 0 Å². The number of hydrogen-bond donors (Lipinski definition) is 0. The molecule has 2 aromatic rings. The van der Waals surface area contributed by atoms with Gasteiger partial charge in [0.25, 0.3) is 0 Å². The summed E-state index contributed by atoms with van der Waals surface area (Å²) in [5.41, 5.74) is 0.960. The summed E-state index contributed by atoms with van der Waals surface area (Å²) in [4.78, 5) is 18.9. The largest absolute Gasteiger partial charge is 0.381 e. The van der Waals surface area contributed by atoms with Crippen molar-refractivity contribution in [2.45, 2.75) is 25.2 Å². The van der Waals surface area contributed by atoms with Gasteiger partial charge >= 0.3 is 0 Å². The molecule has 3 heterocycles. The summed E-state index contributed by atoms with van der Waals surface area (Å²) in [7, 11) is 0. The van der Waals surface area contributed by atoms with Crippen LogP contribution in [0.4, 0.5) is 0 Å². The van der Waals surface area contributed by atoms with Gasteiger partial charge in [-0.2, -0.15) is 4.98 Å². The fraction of sp³-hybridized carbons (Fsp3) is 0.500. The van der Waals surface area contributed by atoms with Gasteiger partial charge in [-0.15, -0.1) is 0 Å². The van der Waals surface area contributed by atoms with Crippen molar-refractivity contribution in [3.63, 3.8) is 0 Å². The lowest BCUT2D eigenvalue weighted by Gasteiger charge is -2.31. The molecule has 24 heavy (non-hydrogen) atoms. The molecule has 1 atom stereocenters. The van der Waals surface area contributed by atoms with Crippen molar-refractivity contribution in [3.05, 3.63) is 36.2 Å². The van der Waals surface area contributed by atoms with Crippen LogP contribution in [0.5, 0.6) is 0 Å². The number of benzene rings is 1. The van der Waals surface area contributed by atoms with Gasteiger partial charge in [-0.1, -0.05) is 35.5 Å².